The van der Waals surface area contributed by atoms with Crippen LogP contribution < -0.4 is 10.6 Å². The van der Waals surface area contributed by atoms with E-state index in [4.69, 9.17) is 0 Å². The predicted octanol–water partition coefficient (Wildman–Crippen LogP) is 2.08. The van der Waals surface area contributed by atoms with Crippen molar-refractivity contribution < 1.29 is 4.79 Å². The van der Waals surface area contributed by atoms with E-state index in [1.165, 1.54) is 6.33 Å². The number of nitrogens with zero attached hydrogens (tertiary/aromatic N) is 5. The number of amides is 1. The fourth-order valence-electron chi connectivity index (χ4n) is 3.36. The third-order valence-electron chi connectivity index (χ3n) is 4.82. The van der Waals surface area contributed by atoms with Crippen molar-refractivity contribution in [2.75, 3.05) is 18.4 Å². The maximum Gasteiger partial charge on any atom is 0.252 e. The first-order valence-corrected chi connectivity index (χ1v) is 8.70. The number of carbonyl (C=O) groups is 1. The summed E-state index contributed by atoms with van der Waals surface area (Å²) >= 11 is 0. The Morgan fingerprint density at radius 1 is 1.14 bits per heavy atom. The van der Waals surface area contributed by atoms with Gasteiger partial charge in [0, 0.05) is 18.1 Å². The zero-order valence-electron chi connectivity index (χ0n) is 15.2. The van der Waals surface area contributed by atoms with Crippen LogP contribution in [0.4, 0.5) is 5.69 Å². The molecule has 1 amide bonds. The van der Waals surface area contributed by atoms with Crippen LogP contribution in [0.2, 0.25) is 0 Å². The van der Waals surface area contributed by atoms with E-state index in [0.717, 1.165) is 24.3 Å². The van der Waals surface area contributed by atoms with E-state index in [9.17, 15) is 4.79 Å². The Kier molecular flexibility index (Phi) is 7.56. The van der Waals surface area contributed by atoms with Crippen LogP contribution in [0.25, 0.3) is 0 Å². The molecule has 0 atom stereocenters. The molecule has 8 nitrogen and oxygen atoms in total. The van der Waals surface area contributed by atoms with Crippen LogP contribution in [-0.2, 0) is 16.9 Å². The molecule has 1 fully saturated rings. The van der Waals surface area contributed by atoms with Crippen LogP contribution in [0.5, 0.6) is 0 Å². The minimum absolute atomic E-state index is 0. The van der Waals surface area contributed by atoms with Crippen molar-refractivity contribution in [3.8, 4) is 0 Å². The number of hydrogen-bond donors (Lipinski definition) is 2. The number of aromatic nitrogens is 5. The summed E-state index contributed by atoms with van der Waals surface area (Å²) in [6.45, 7) is 2.24. The quantitative estimate of drug-likeness (QED) is 0.655. The summed E-state index contributed by atoms with van der Waals surface area (Å²) in [5.74, 6) is -0.0215. The summed E-state index contributed by atoms with van der Waals surface area (Å²) in [7, 11) is 0. The standard InChI is InChI=1S/C18H21N7O.2ClH/c26-17(18(6-9-19-10-7-18)25-11-1-8-21-25)23-16-4-2-15(3-5-16)12-24-14-20-13-22-24;;/h1-5,8,11,13-14,19H,6-7,9-10,12H2,(H,23,26);2*1H. The first-order valence-electron chi connectivity index (χ1n) is 8.70. The number of benzene rings is 1. The number of halogens is 2. The molecule has 2 N–H and O–H groups in total. The van der Waals surface area contributed by atoms with E-state index >= 15 is 0 Å². The van der Waals surface area contributed by atoms with Gasteiger partial charge >= 0.3 is 0 Å². The SMILES string of the molecule is Cl.Cl.O=C(Nc1ccc(Cn2cncn2)cc1)C1(n2cccn2)CCNCC1. The summed E-state index contributed by atoms with van der Waals surface area (Å²) in [5.41, 5.74) is 1.23. The third-order valence-corrected chi connectivity index (χ3v) is 4.82. The highest BCUT2D eigenvalue weighted by Crippen LogP contribution is 2.28. The van der Waals surface area contributed by atoms with Crippen molar-refractivity contribution in [2.45, 2.75) is 24.9 Å². The second-order valence-corrected chi connectivity index (χ2v) is 6.48. The molecule has 0 saturated carbocycles. The van der Waals surface area contributed by atoms with Gasteiger partial charge in [-0.1, -0.05) is 12.1 Å². The lowest BCUT2D eigenvalue weighted by atomic mass is 9.87. The highest BCUT2D eigenvalue weighted by molar-refractivity contribution is 5.96. The number of carbonyl (C=O) groups excluding carboxylic acids is 1. The minimum atomic E-state index is -0.645. The molecule has 0 bridgehead atoms. The van der Waals surface area contributed by atoms with Crippen molar-refractivity contribution in [2.24, 2.45) is 0 Å². The van der Waals surface area contributed by atoms with Gasteiger partial charge in [-0.3, -0.25) is 9.48 Å². The van der Waals surface area contributed by atoms with Gasteiger partial charge in [0.1, 0.15) is 18.2 Å². The topological polar surface area (TPSA) is 89.7 Å². The second-order valence-electron chi connectivity index (χ2n) is 6.48. The third kappa shape index (κ3) is 4.52. The number of anilines is 1. The molecule has 3 heterocycles. The van der Waals surface area contributed by atoms with Crippen LogP contribution in [-0.4, -0.2) is 43.5 Å². The molecule has 2 aromatic heterocycles. The average Bonchev–Trinajstić information content (AvgIpc) is 3.38. The number of nitrogens with one attached hydrogen (secondary N) is 2. The minimum Gasteiger partial charge on any atom is -0.324 e. The molecule has 0 spiro atoms. The first kappa shape index (κ1) is 21.9. The lowest BCUT2D eigenvalue weighted by Gasteiger charge is -2.36. The average molecular weight is 424 g/mol. The lowest BCUT2D eigenvalue weighted by molar-refractivity contribution is -0.126. The molecular weight excluding hydrogens is 401 g/mol. The highest BCUT2D eigenvalue weighted by atomic mass is 35.5. The molecule has 4 rings (SSSR count). The second kappa shape index (κ2) is 9.68. The Bertz CT molecular complexity index is 845. The fraction of sp³-hybridized carbons (Fsp3) is 0.333. The van der Waals surface area contributed by atoms with E-state index in [2.05, 4.69) is 25.8 Å². The molecule has 0 radical (unpaired) electrons. The molecule has 0 unspecified atom stereocenters. The van der Waals surface area contributed by atoms with E-state index in [1.54, 1.807) is 21.9 Å². The van der Waals surface area contributed by atoms with Gasteiger partial charge in [-0.05, 0) is 49.7 Å². The molecule has 1 aliphatic rings. The molecule has 10 heteroatoms. The van der Waals surface area contributed by atoms with Gasteiger partial charge in [0.15, 0.2) is 0 Å². The van der Waals surface area contributed by atoms with Crippen LogP contribution in [0.1, 0.15) is 18.4 Å². The Morgan fingerprint density at radius 3 is 2.50 bits per heavy atom. The molecule has 28 heavy (non-hydrogen) atoms. The summed E-state index contributed by atoms with van der Waals surface area (Å²) < 4.78 is 3.55. The van der Waals surface area contributed by atoms with Crippen LogP contribution in [0.3, 0.4) is 0 Å². The number of hydrogen-bond acceptors (Lipinski definition) is 5. The summed E-state index contributed by atoms with van der Waals surface area (Å²) in [5, 5.41) is 14.8. The number of piperidine rings is 1. The fourth-order valence-corrected chi connectivity index (χ4v) is 3.36. The van der Waals surface area contributed by atoms with Gasteiger partial charge in [0.25, 0.3) is 5.91 Å². The van der Waals surface area contributed by atoms with Crippen molar-refractivity contribution >= 4 is 36.4 Å². The molecule has 1 aliphatic heterocycles. The van der Waals surface area contributed by atoms with Crippen molar-refractivity contribution in [1.29, 1.82) is 0 Å². The maximum absolute atomic E-state index is 13.1. The number of rotatable bonds is 5. The maximum atomic E-state index is 13.1. The Labute approximate surface area is 175 Å². The first-order chi connectivity index (χ1) is 12.8. The monoisotopic (exact) mass is 423 g/mol. The molecular formula is C18H23Cl2N7O. The summed E-state index contributed by atoms with van der Waals surface area (Å²) in [6.07, 6.45) is 8.21. The van der Waals surface area contributed by atoms with Crippen molar-refractivity contribution in [3.63, 3.8) is 0 Å². The van der Waals surface area contributed by atoms with Crippen LogP contribution in [0.15, 0.2) is 55.4 Å². The van der Waals surface area contributed by atoms with Crippen LogP contribution >= 0.6 is 24.8 Å². The van der Waals surface area contributed by atoms with Gasteiger partial charge in [-0.15, -0.1) is 24.8 Å². The normalized spacial score (nSPS) is 15.1. The summed E-state index contributed by atoms with van der Waals surface area (Å²) in [4.78, 5) is 17.0. The Hall–Kier alpha value is -2.42. The smallest absolute Gasteiger partial charge is 0.252 e. The predicted molar refractivity (Wildman–Crippen MR) is 111 cm³/mol. The van der Waals surface area contributed by atoms with E-state index < -0.39 is 5.54 Å². The van der Waals surface area contributed by atoms with Gasteiger partial charge in [0.05, 0.1) is 6.54 Å². The Morgan fingerprint density at radius 2 is 1.89 bits per heavy atom. The largest absolute Gasteiger partial charge is 0.324 e. The molecule has 150 valence electrons. The molecule has 0 aliphatic carbocycles. The van der Waals surface area contributed by atoms with Crippen molar-refractivity contribution in [1.82, 2.24) is 29.9 Å². The Balaban J connectivity index is 0.00000140. The van der Waals surface area contributed by atoms with E-state index in [0.29, 0.717) is 19.4 Å². The summed E-state index contributed by atoms with van der Waals surface area (Å²) in [6, 6.07) is 9.67. The van der Waals surface area contributed by atoms with Crippen LogP contribution in [0, 0.1) is 0 Å². The van der Waals surface area contributed by atoms with Gasteiger partial charge in [0.2, 0.25) is 0 Å². The van der Waals surface area contributed by atoms with E-state index in [1.807, 2.05) is 36.5 Å². The zero-order chi connectivity index (χ0) is 17.8. The molecule has 1 saturated heterocycles. The molecule has 3 aromatic rings. The molecule has 1 aromatic carbocycles. The van der Waals surface area contributed by atoms with Gasteiger partial charge in [-0.25, -0.2) is 9.67 Å². The zero-order valence-corrected chi connectivity index (χ0v) is 16.8. The van der Waals surface area contributed by atoms with Gasteiger partial charge in [-0.2, -0.15) is 10.2 Å². The van der Waals surface area contributed by atoms with E-state index in [-0.39, 0.29) is 30.7 Å². The lowest BCUT2D eigenvalue weighted by Crippen LogP contribution is -2.52. The van der Waals surface area contributed by atoms with Crippen molar-refractivity contribution in [3.05, 3.63) is 60.9 Å². The van der Waals surface area contributed by atoms with Gasteiger partial charge < -0.3 is 10.6 Å². The highest BCUT2D eigenvalue weighted by Gasteiger charge is 2.41.